The first-order chi connectivity index (χ1) is 8.47. The van der Waals surface area contributed by atoms with Gasteiger partial charge in [-0.1, -0.05) is 0 Å². The van der Waals surface area contributed by atoms with Crippen LogP contribution in [0.5, 0.6) is 0 Å². The Morgan fingerprint density at radius 3 is 2.67 bits per heavy atom. The van der Waals surface area contributed by atoms with Gasteiger partial charge in [0.25, 0.3) is 5.91 Å². The molecule has 1 aromatic rings. The minimum absolute atomic E-state index is 0.0864. The molecule has 0 aliphatic carbocycles. The van der Waals surface area contributed by atoms with E-state index >= 15 is 0 Å². The number of carbonyl (C=O) groups excluding carboxylic acids is 1. The van der Waals surface area contributed by atoms with E-state index in [1.165, 1.54) is 4.90 Å². The summed E-state index contributed by atoms with van der Waals surface area (Å²) in [7, 11) is 5.44. The van der Waals surface area contributed by atoms with E-state index in [1.807, 2.05) is 19.2 Å². The Labute approximate surface area is 109 Å². The van der Waals surface area contributed by atoms with Gasteiger partial charge in [-0.3, -0.25) is 9.78 Å². The first-order valence-electron chi connectivity index (χ1n) is 6.08. The van der Waals surface area contributed by atoms with E-state index in [-0.39, 0.29) is 5.91 Å². The maximum Gasteiger partial charge on any atom is 0.272 e. The van der Waals surface area contributed by atoms with Crippen molar-refractivity contribution < 1.29 is 4.79 Å². The summed E-state index contributed by atoms with van der Waals surface area (Å²) in [4.78, 5) is 19.6. The molecule has 5 heteroatoms. The van der Waals surface area contributed by atoms with E-state index in [2.05, 4.69) is 16.8 Å². The van der Waals surface area contributed by atoms with Crippen molar-refractivity contribution in [3.8, 4) is 0 Å². The highest BCUT2D eigenvalue weighted by molar-refractivity contribution is 5.92. The SMILES string of the molecule is CC(CCN)N(C)c1ccnc(C(=O)N(C)C)c1. The number of aromatic nitrogens is 1. The minimum atomic E-state index is -0.0864. The number of carbonyl (C=O) groups is 1. The van der Waals surface area contributed by atoms with E-state index < -0.39 is 0 Å². The maximum atomic E-state index is 11.8. The second-order valence-electron chi connectivity index (χ2n) is 4.64. The van der Waals surface area contributed by atoms with Crippen LogP contribution < -0.4 is 10.6 Å². The third-order valence-electron chi connectivity index (χ3n) is 3.02. The zero-order valence-electron chi connectivity index (χ0n) is 11.6. The van der Waals surface area contributed by atoms with Crippen molar-refractivity contribution in [3.63, 3.8) is 0 Å². The van der Waals surface area contributed by atoms with Crippen LogP contribution >= 0.6 is 0 Å². The molecule has 1 unspecified atom stereocenters. The quantitative estimate of drug-likeness (QED) is 0.845. The Hall–Kier alpha value is -1.62. The molecule has 0 saturated heterocycles. The topological polar surface area (TPSA) is 62.5 Å². The summed E-state index contributed by atoms with van der Waals surface area (Å²) in [5, 5.41) is 0. The van der Waals surface area contributed by atoms with Gasteiger partial charge in [0.2, 0.25) is 0 Å². The summed E-state index contributed by atoms with van der Waals surface area (Å²) >= 11 is 0. The highest BCUT2D eigenvalue weighted by atomic mass is 16.2. The number of amides is 1. The van der Waals surface area contributed by atoms with Gasteiger partial charge in [-0.25, -0.2) is 0 Å². The standard InChI is InChI=1S/C13H22N4O/c1-10(5-7-14)17(4)11-6-8-15-12(9-11)13(18)16(2)3/h6,8-10H,5,7,14H2,1-4H3. The Bertz CT molecular complexity index is 406. The molecule has 100 valence electrons. The molecule has 0 aliphatic rings. The predicted molar refractivity (Wildman–Crippen MR) is 73.8 cm³/mol. The van der Waals surface area contributed by atoms with Crippen LogP contribution in [-0.4, -0.2) is 49.5 Å². The van der Waals surface area contributed by atoms with Gasteiger partial charge in [0.05, 0.1) is 0 Å². The summed E-state index contributed by atoms with van der Waals surface area (Å²) in [5.74, 6) is -0.0864. The third-order valence-corrected chi connectivity index (χ3v) is 3.02. The molecule has 2 N–H and O–H groups in total. The fourth-order valence-corrected chi connectivity index (χ4v) is 1.67. The lowest BCUT2D eigenvalue weighted by atomic mass is 10.2. The van der Waals surface area contributed by atoms with Gasteiger partial charge in [0.1, 0.15) is 5.69 Å². The van der Waals surface area contributed by atoms with Crippen LogP contribution in [0.2, 0.25) is 0 Å². The molecule has 5 nitrogen and oxygen atoms in total. The highest BCUT2D eigenvalue weighted by Crippen LogP contribution is 2.17. The molecule has 0 bridgehead atoms. The van der Waals surface area contributed by atoms with Crippen LogP contribution in [0.15, 0.2) is 18.3 Å². The number of pyridine rings is 1. The summed E-state index contributed by atoms with van der Waals surface area (Å²) in [6.07, 6.45) is 2.58. The van der Waals surface area contributed by atoms with Crippen LogP contribution in [0, 0.1) is 0 Å². The molecular weight excluding hydrogens is 228 g/mol. The van der Waals surface area contributed by atoms with Gasteiger partial charge >= 0.3 is 0 Å². The Kier molecular flexibility index (Phi) is 5.09. The molecule has 1 atom stereocenters. The van der Waals surface area contributed by atoms with Crippen LogP contribution in [0.1, 0.15) is 23.8 Å². The largest absolute Gasteiger partial charge is 0.372 e. The summed E-state index contributed by atoms with van der Waals surface area (Å²) in [6, 6.07) is 4.05. The molecule has 1 rings (SSSR count). The molecule has 0 aliphatic heterocycles. The lowest BCUT2D eigenvalue weighted by molar-refractivity contribution is 0.0822. The number of anilines is 1. The second kappa shape index (κ2) is 6.35. The third kappa shape index (κ3) is 3.43. The molecule has 18 heavy (non-hydrogen) atoms. The Morgan fingerprint density at radius 1 is 1.44 bits per heavy atom. The van der Waals surface area contributed by atoms with Gasteiger partial charge in [0.15, 0.2) is 0 Å². The summed E-state index contributed by atoms with van der Waals surface area (Å²) in [5.41, 5.74) is 7.01. The molecule has 0 saturated carbocycles. The molecule has 1 amide bonds. The first kappa shape index (κ1) is 14.4. The molecule has 0 radical (unpaired) electrons. The molecule has 0 aromatic carbocycles. The van der Waals surface area contributed by atoms with Crippen LogP contribution in [0.4, 0.5) is 5.69 Å². The molecular formula is C13H22N4O. The predicted octanol–water partition coefficient (Wildman–Crippen LogP) is 0.957. The van der Waals surface area contributed by atoms with Crippen molar-refractivity contribution in [3.05, 3.63) is 24.0 Å². The number of nitrogens with zero attached hydrogens (tertiary/aromatic N) is 3. The van der Waals surface area contributed by atoms with E-state index in [0.29, 0.717) is 18.3 Å². The smallest absolute Gasteiger partial charge is 0.272 e. The maximum absolute atomic E-state index is 11.8. The molecule has 1 heterocycles. The zero-order chi connectivity index (χ0) is 13.7. The fourth-order valence-electron chi connectivity index (χ4n) is 1.67. The van der Waals surface area contributed by atoms with Crippen LogP contribution in [0.25, 0.3) is 0 Å². The fraction of sp³-hybridized carbons (Fsp3) is 0.538. The van der Waals surface area contributed by atoms with E-state index in [0.717, 1.165) is 12.1 Å². The number of rotatable bonds is 5. The van der Waals surface area contributed by atoms with Gasteiger partial charge in [-0.05, 0) is 32.0 Å². The zero-order valence-corrected chi connectivity index (χ0v) is 11.6. The molecule has 0 spiro atoms. The Balaban J connectivity index is 2.91. The van der Waals surface area contributed by atoms with Gasteiger partial charge in [-0.15, -0.1) is 0 Å². The first-order valence-corrected chi connectivity index (χ1v) is 6.08. The van der Waals surface area contributed by atoms with Gasteiger partial charge < -0.3 is 15.5 Å². The van der Waals surface area contributed by atoms with Gasteiger partial charge in [-0.2, -0.15) is 0 Å². The number of hydrogen-bond donors (Lipinski definition) is 1. The lowest BCUT2D eigenvalue weighted by Gasteiger charge is -2.27. The van der Waals surface area contributed by atoms with Crippen molar-refractivity contribution >= 4 is 11.6 Å². The van der Waals surface area contributed by atoms with Crippen molar-refractivity contribution in [2.24, 2.45) is 5.73 Å². The van der Waals surface area contributed by atoms with Crippen LogP contribution in [0.3, 0.4) is 0 Å². The summed E-state index contributed by atoms with van der Waals surface area (Å²) < 4.78 is 0. The normalized spacial score (nSPS) is 12.1. The number of hydrogen-bond acceptors (Lipinski definition) is 4. The molecule has 0 fully saturated rings. The monoisotopic (exact) mass is 250 g/mol. The summed E-state index contributed by atoms with van der Waals surface area (Å²) in [6.45, 7) is 2.76. The lowest BCUT2D eigenvalue weighted by Crippen LogP contribution is -2.31. The van der Waals surface area contributed by atoms with E-state index in [1.54, 1.807) is 20.3 Å². The second-order valence-corrected chi connectivity index (χ2v) is 4.64. The van der Waals surface area contributed by atoms with Crippen molar-refractivity contribution in [1.82, 2.24) is 9.88 Å². The van der Waals surface area contributed by atoms with E-state index in [4.69, 9.17) is 5.73 Å². The highest BCUT2D eigenvalue weighted by Gasteiger charge is 2.14. The van der Waals surface area contributed by atoms with Crippen molar-refractivity contribution in [1.29, 1.82) is 0 Å². The van der Waals surface area contributed by atoms with Crippen molar-refractivity contribution in [2.45, 2.75) is 19.4 Å². The average Bonchev–Trinajstić information content (AvgIpc) is 2.37. The van der Waals surface area contributed by atoms with Crippen LogP contribution in [-0.2, 0) is 0 Å². The average molecular weight is 250 g/mol. The van der Waals surface area contributed by atoms with E-state index in [9.17, 15) is 4.79 Å². The Morgan fingerprint density at radius 2 is 2.11 bits per heavy atom. The van der Waals surface area contributed by atoms with Gasteiger partial charge in [0, 0.05) is 39.1 Å². The minimum Gasteiger partial charge on any atom is -0.372 e. The van der Waals surface area contributed by atoms with Crippen molar-refractivity contribution in [2.75, 3.05) is 32.6 Å². The number of nitrogens with two attached hydrogens (primary N) is 1. The molecule has 1 aromatic heterocycles.